The zero-order chi connectivity index (χ0) is 28.0. The monoisotopic (exact) mass is 573 g/mol. The van der Waals surface area contributed by atoms with E-state index in [1.807, 2.05) is 5.38 Å². The van der Waals surface area contributed by atoms with Crippen molar-refractivity contribution in [2.24, 2.45) is 5.92 Å². The molecule has 3 heterocycles. The van der Waals surface area contributed by atoms with Crippen LogP contribution < -0.4 is 15.4 Å². The summed E-state index contributed by atoms with van der Waals surface area (Å²) in [5.41, 5.74) is 4.59. The number of carbonyl (C=O) groups excluding carboxylic acids is 1. The number of thiazole rings is 1. The second-order valence-electron chi connectivity index (χ2n) is 11.9. The largest absolute Gasteiger partial charge is 0.496 e. The zero-order valence-electron chi connectivity index (χ0n) is 24.2. The van der Waals surface area contributed by atoms with Gasteiger partial charge in [-0.05, 0) is 67.3 Å². The smallest absolute Gasteiger partial charge is 0.323 e. The van der Waals surface area contributed by atoms with E-state index in [1.165, 1.54) is 61.0 Å². The molecular formula is C33H43N5O2S. The van der Waals surface area contributed by atoms with Gasteiger partial charge in [0.15, 0.2) is 5.13 Å². The molecule has 6 rings (SSSR count). The van der Waals surface area contributed by atoms with E-state index in [2.05, 4.69) is 69.0 Å². The Hall–Kier alpha value is -2.94. The van der Waals surface area contributed by atoms with Crippen molar-refractivity contribution in [2.75, 3.05) is 45.2 Å². The molecule has 0 spiro atoms. The second kappa shape index (κ2) is 13.4. The van der Waals surface area contributed by atoms with Crippen LogP contribution in [0.5, 0.6) is 5.75 Å². The Morgan fingerprint density at radius 1 is 1.07 bits per heavy atom. The average Bonchev–Trinajstić information content (AvgIpc) is 3.50. The number of methoxy groups -OCH3 is 1. The van der Waals surface area contributed by atoms with Crippen molar-refractivity contribution in [1.82, 2.24) is 20.1 Å². The number of rotatable bonds is 7. The normalized spacial score (nSPS) is 22.4. The highest BCUT2D eigenvalue weighted by Crippen LogP contribution is 2.39. The van der Waals surface area contributed by atoms with Crippen LogP contribution in [0.4, 0.5) is 9.93 Å². The zero-order valence-corrected chi connectivity index (χ0v) is 25.0. The maximum Gasteiger partial charge on any atom is 0.323 e. The summed E-state index contributed by atoms with van der Waals surface area (Å²) in [6, 6.07) is 17.4. The van der Waals surface area contributed by atoms with Crippen LogP contribution in [-0.2, 0) is 6.54 Å². The third-order valence-electron chi connectivity index (χ3n) is 9.17. The van der Waals surface area contributed by atoms with E-state index in [0.29, 0.717) is 23.5 Å². The molecule has 3 fully saturated rings. The molecule has 0 radical (unpaired) electrons. The molecule has 3 aromatic rings. The quantitative estimate of drug-likeness (QED) is 0.334. The number of benzene rings is 2. The molecule has 3 aliphatic rings. The number of ether oxygens (including phenoxy) is 1. The lowest BCUT2D eigenvalue weighted by molar-refractivity contribution is 0.0804. The first kappa shape index (κ1) is 28.2. The minimum absolute atomic E-state index is 0.0412. The Kier molecular flexibility index (Phi) is 9.19. The summed E-state index contributed by atoms with van der Waals surface area (Å²) >= 11 is 1.49. The van der Waals surface area contributed by atoms with E-state index in [0.717, 1.165) is 56.2 Å². The van der Waals surface area contributed by atoms with Crippen LogP contribution in [0.25, 0.3) is 11.3 Å². The molecule has 218 valence electrons. The lowest BCUT2D eigenvalue weighted by Gasteiger charge is -2.44. The van der Waals surface area contributed by atoms with Gasteiger partial charge < -0.3 is 15.0 Å². The summed E-state index contributed by atoms with van der Waals surface area (Å²) in [7, 11) is 1.71. The van der Waals surface area contributed by atoms with Gasteiger partial charge in [0, 0.05) is 49.7 Å². The van der Waals surface area contributed by atoms with Gasteiger partial charge in [-0.15, -0.1) is 11.3 Å². The first-order valence-corrected chi connectivity index (χ1v) is 16.2. The minimum atomic E-state index is -0.0412. The van der Waals surface area contributed by atoms with Gasteiger partial charge in [-0.25, -0.2) is 9.78 Å². The second-order valence-corrected chi connectivity index (χ2v) is 12.7. The highest BCUT2D eigenvalue weighted by atomic mass is 32.1. The van der Waals surface area contributed by atoms with Gasteiger partial charge in [0.05, 0.1) is 12.8 Å². The Labute approximate surface area is 248 Å². The van der Waals surface area contributed by atoms with E-state index in [9.17, 15) is 4.79 Å². The minimum Gasteiger partial charge on any atom is -0.496 e. The van der Waals surface area contributed by atoms with Gasteiger partial charge >= 0.3 is 6.03 Å². The van der Waals surface area contributed by atoms with Crippen molar-refractivity contribution < 1.29 is 9.53 Å². The highest BCUT2D eigenvalue weighted by molar-refractivity contribution is 7.14. The van der Waals surface area contributed by atoms with Crippen LogP contribution in [0.1, 0.15) is 62.0 Å². The van der Waals surface area contributed by atoms with E-state index in [-0.39, 0.29) is 12.1 Å². The fraction of sp³-hybridized carbons (Fsp3) is 0.515. The summed E-state index contributed by atoms with van der Waals surface area (Å²) in [4.78, 5) is 23.1. The topological polar surface area (TPSA) is 69.7 Å². The molecule has 2 amide bonds. The summed E-state index contributed by atoms with van der Waals surface area (Å²) in [6.07, 6.45) is 8.77. The van der Waals surface area contributed by atoms with Crippen molar-refractivity contribution in [1.29, 1.82) is 0 Å². The van der Waals surface area contributed by atoms with Gasteiger partial charge in [-0.2, -0.15) is 0 Å². The number of anilines is 1. The lowest BCUT2D eigenvalue weighted by Crippen LogP contribution is -2.59. The Balaban J connectivity index is 1.13. The molecule has 8 heteroatoms. The molecule has 1 aliphatic carbocycles. The van der Waals surface area contributed by atoms with Crippen LogP contribution in [0.15, 0.2) is 53.9 Å². The Morgan fingerprint density at radius 3 is 2.76 bits per heavy atom. The maximum atomic E-state index is 13.6. The number of piperidine rings is 1. The molecule has 2 unspecified atom stereocenters. The van der Waals surface area contributed by atoms with Crippen molar-refractivity contribution in [2.45, 2.75) is 63.5 Å². The number of amides is 2. The van der Waals surface area contributed by atoms with E-state index >= 15 is 0 Å². The molecule has 2 aliphatic heterocycles. The first-order chi connectivity index (χ1) is 20.2. The number of urea groups is 1. The molecule has 2 saturated heterocycles. The molecule has 1 aromatic heterocycles. The summed E-state index contributed by atoms with van der Waals surface area (Å²) in [5, 5.41) is 9.38. The van der Waals surface area contributed by atoms with Gasteiger partial charge in [0.1, 0.15) is 5.75 Å². The van der Waals surface area contributed by atoms with Crippen LogP contribution in [0.3, 0.4) is 0 Å². The van der Waals surface area contributed by atoms with E-state index < -0.39 is 0 Å². The summed E-state index contributed by atoms with van der Waals surface area (Å²) < 4.78 is 5.71. The van der Waals surface area contributed by atoms with Gasteiger partial charge in [-0.1, -0.05) is 55.7 Å². The number of nitrogens with zero attached hydrogens (tertiary/aromatic N) is 3. The summed E-state index contributed by atoms with van der Waals surface area (Å²) in [6.45, 7) is 5.47. The lowest BCUT2D eigenvalue weighted by atomic mass is 9.83. The standard InChI is InChI=1S/C33H43N5O2S/c1-40-31-15-14-26(25-11-6-3-7-12-25)19-28(31)29-23-41-32(35-29)36-33(39)38-18-16-34-20-30(38)27-13-8-17-37(22-27)21-24-9-4-2-5-10-24/h2,4-5,9-10,14-15,19,23,25,27,30,34H,3,6-8,11-13,16-18,20-22H2,1H3,(H,35,36,39). The number of hydrogen-bond donors (Lipinski definition) is 2. The van der Waals surface area contributed by atoms with Gasteiger partial charge in [0.25, 0.3) is 0 Å². The molecule has 2 aromatic carbocycles. The number of piperazine rings is 1. The molecule has 1 saturated carbocycles. The molecule has 2 N–H and O–H groups in total. The number of likely N-dealkylation sites (tertiary alicyclic amines) is 1. The van der Waals surface area contributed by atoms with Gasteiger partial charge in [-0.3, -0.25) is 10.2 Å². The number of carbonyl (C=O) groups is 1. The number of nitrogens with one attached hydrogen (secondary N) is 2. The van der Waals surface area contributed by atoms with E-state index in [1.54, 1.807) is 7.11 Å². The molecule has 41 heavy (non-hydrogen) atoms. The van der Waals surface area contributed by atoms with Crippen molar-refractivity contribution in [3.63, 3.8) is 0 Å². The van der Waals surface area contributed by atoms with Crippen LogP contribution in [-0.4, -0.2) is 66.7 Å². The predicted octanol–water partition coefficient (Wildman–Crippen LogP) is 6.58. The fourth-order valence-electron chi connectivity index (χ4n) is 7.02. The fourth-order valence-corrected chi connectivity index (χ4v) is 7.72. The predicted molar refractivity (Wildman–Crippen MR) is 167 cm³/mol. The Morgan fingerprint density at radius 2 is 1.93 bits per heavy atom. The SMILES string of the molecule is COc1ccc(C2CCCCC2)cc1-c1csc(NC(=O)N2CCNCC2C2CCCN(Cc3ccccc3)C2)n1. The van der Waals surface area contributed by atoms with Crippen molar-refractivity contribution in [3.8, 4) is 17.0 Å². The average molecular weight is 574 g/mol. The molecule has 7 nitrogen and oxygen atoms in total. The van der Waals surface area contributed by atoms with Crippen molar-refractivity contribution >= 4 is 22.5 Å². The molecule has 2 atom stereocenters. The Bertz CT molecular complexity index is 1290. The number of hydrogen-bond acceptors (Lipinski definition) is 6. The first-order valence-electron chi connectivity index (χ1n) is 15.4. The number of aromatic nitrogens is 1. The highest BCUT2D eigenvalue weighted by Gasteiger charge is 2.35. The summed E-state index contributed by atoms with van der Waals surface area (Å²) in [5.74, 6) is 1.89. The van der Waals surface area contributed by atoms with E-state index in [4.69, 9.17) is 9.72 Å². The van der Waals surface area contributed by atoms with Crippen LogP contribution in [0.2, 0.25) is 0 Å². The third kappa shape index (κ3) is 6.76. The molecular weight excluding hydrogens is 530 g/mol. The third-order valence-corrected chi connectivity index (χ3v) is 9.93. The van der Waals surface area contributed by atoms with Crippen LogP contribution in [0, 0.1) is 5.92 Å². The maximum absolute atomic E-state index is 13.6. The van der Waals surface area contributed by atoms with Crippen molar-refractivity contribution in [3.05, 3.63) is 65.0 Å². The van der Waals surface area contributed by atoms with Gasteiger partial charge in [0.2, 0.25) is 0 Å². The molecule has 0 bridgehead atoms. The van der Waals surface area contributed by atoms with Crippen LogP contribution >= 0.6 is 11.3 Å².